The van der Waals surface area contributed by atoms with Gasteiger partial charge in [0.1, 0.15) is 0 Å². The topological polar surface area (TPSA) is 69.6 Å². The molecule has 0 radical (unpaired) electrons. The standard InChI is InChI=1S/C70H127NO3/c1-3-5-7-9-11-13-15-17-19-21-23-25-27-29-30-31-32-33-34-35-36-37-38-39-40-42-44-46-48-50-52-54-56-58-60-62-64-66-70(74)71-68(67-72)69(73)65-63-61-59-57-55-53-51-49-47-45-43-41-28-26-24-22-20-18-16-14-12-10-8-6-4-2/h5,7,11,13,17,19,23,25,29-30,32-33,35-36,68-69,72-73H,3-4,6,8-10,12,14-16,18,20-22,24,26-28,31,34,37-67H2,1-2H3,(H,71,74)/b7-5-,13-11-,19-17-,25-23-,30-29-,33-32-,36-35-. The Morgan fingerprint density at radius 3 is 0.892 bits per heavy atom. The van der Waals surface area contributed by atoms with Crippen LogP contribution in [0.15, 0.2) is 85.1 Å². The molecule has 0 aromatic heterocycles. The Labute approximate surface area is 462 Å². The highest BCUT2D eigenvalue weighted by Crippen LogP contribution is 2.18. The van der Waals surface area contributed by atoms with Gasteiger partial charge in [-0.25, -0.2) is 0 Å². The molecule has 0 fully saturated rings. The van der Waals surface area contributed by atoms with Gasteiger partial charge in [-0.15, -0.1) is 0 Å². The average Bonchev–Trinajstić information content (AvgIpc) is 3.40. The maximum absolute atomic E-state index is 12.5. The van der Waals surface area contributed by atoms with E-state index in [9.17, 15) is 15.0 Å². The number of aliphatic hydroxyl groups excluding tert-OH is 2. The van der Waals surface area contributed by atoms with Gasteiger partial charge in [0.2, 0.25) is 5.91 Å². The molecule has 4 heteroatoms. The van der Waals surface area contributed by atoms with Gasteiger partial charge < -0.3 is 15.5 Å². The maximum Gasteiger partial charge on any atom is 0.220 e. The summed E-state index contributed by atoms with van der Waals surface area (Å²) in [4.78, 5) is 12.5. The van der Waals surface area contributed by atoms with Gasteiger partial charge in [-0.3, -0.25) is 4.79 Å². The van der Waals surface area contributed by atoms with Gasteiger partial charge in [0.05, 0.1) is 18.8 Å². The molecule has 0 aromatic carbocycles. The number of aliphatic hydroxyl groups is 2. The lowest BCUT2D eigenvalue weighted by Gasteiger charge is -2.22. The zero-order valence-electron chi connectivity index (χ0n) is 49.6. The van der Waals surface area contributed by atoms with Crippen LogP contribution in [0.1, 0.15) is 335 Å². The van der Waals surface area contributed by atoms with Crippen LogP contribution in [0, 0.1) is 0 Å². The number of carbonyl (C=O) groups excluding carboxylic acids is 1. The predicted molar refractivity (Wildman–Crippen MR) is 331 cm³/mol. The van der Waals surface area contributed by atoms with Crippen molar-refractivity contribution >= 4 is 5.91 Å². The minimum absolute atomic E-state index is 0.0292. The fourth-order valence-electron chi connectivity index (χ4n) is 9.99. The monoisotopic (exact) mass is 1030 g/mol. The molecule has 4 nitrogen and oxygen atoms in total. The Bertz CT molecular complexity index is 1310. The molecule has 3 N–H and O–H groups in total. The SMILES string of the molecule is CC/C=C\C/C=C\C/C=C\C/C=C\C/C=C\C/C=C\C/C=C\CCCCCCCCCCCCCCCCCC(=O)NC(CO)C(O)CCCCCCCCCCCCCCCCCCCCCCCCCCC. The van der Waals surface area contributed by atoms with Crippen LogP contribution in [0.25, 0.3) is 0 Å². The predicted octanol–water partition coefficient (Wildman–Crippen LogP) is 22.3. The first-order valence-electron chi connectivity index (χ1n) is 32.8. The minimum Gasteiger partial charge on any atom is -0.394 e. The zero-order valence-corrected chi connectivity index (χ0v) is 49.6. The average molecular weight is 1030 g/mol. The largest absolute Gasteiger partial charge is 0.394 e. The van der Waals surface area contributed by atoms with Crippen molar-refractivity contribution in [2.75, 3.05) is 6.61 Å². The minimum atomic E-state index is -0.664. The zero-order chi connectivity index (χ0) is 53.4. The Hall–Kier alpha value is -2.43. The van der Waals surface area contributed by atoms with E-state index in [0.29, 0.717) is 12.8 Å². The van der Waals surface area contributed by atoms with Crippen molar-refractivity contribution in [2.24, 2.45) is 0 Å². The molecule has 0 saturated heterocycles. The molecule has 74 heavy (non-hydrogen) atoms. The quantitative estimate of drug-likeness (QED) is 0.0420. The van der Waals surface area contributed by atoms with E-state index in [4.69, 9.17) is 0 Å². The third kappa shape index (κ3) is 60.4. The summed E-state index contributed by atoms with van der Waals surface area (Å²) in [5.41, 5.74) is 0. The second-order valence-corrected chi connectivity index (χ2v) is 22.2. The van der Waals surface area contributed by atoms with Crippen molar-refractivity contribution in [1.29, 1.82) is 0 Å². The molecule has 0 aromatic rings. The van der Waals surface area contributed by atoms with E-state index >= 15 is 0 Å². The van der Waals surface area contributed by atoms with Crippen molar-refractivity contribution in [1.82, 2.24) is 5.32 Å². The van der Waals surface area contributed by atoms with Crippen LogP contribution in [0.5, 0.6) is 0 Å². The third-order valence-corrected chi connectivity index (χ3v) is 14.9. The number of rotatable bonds is 60. The van der Waals surface area contributed by atoms with Gasteiger partial charge in [0, 0.05) is 6.42 Å². The van der Waals surface area contributed by atoms with Crippen LogP contribution in [0.2, 0.25) is 0 Å². The van der Waals surface area contributed by atoms with Crippen LogP contribution < -0.4 is 5.32 Å². The second kappa shape index (κ2) is 64.9. The van der Waals surface area contributed by atoms with E-state index in [-0.39, 0.29) is 12.5 Å². The molecule has 2 atom stereocenters. The summed E-state index contributed by atoms with van der Waals surface area (Å²) < 4.78 is 0. The van der Waals surface area contributed by atoms with E-state index in [2.05, 4.69) is 104 Å². The molecule has 0 aliphatic heterocycles. The number of amides is 1. The van der Waals surface area contributed by atoms with Gasteiger partial charge in [-0.2, -0.15) is 0 Å². The Balaban J connectivity index is 3.47. The summed E-state index contributed by atoms with van der Waals surface area (Å²) in [5.74, 6) is -0.0292. The molecule has 0 heterocycles. The lowest BCUT2D eigenvalue weighted by molar-refractivity contribution is -0.123. The van der Waals surface area contributed by atoms with Gasteiger partial charge in [0.25, 0.3) is 0 Å². The Morgan fingerprint density at radius 2 is 0.595 bits per heavy atom. The maximum atomic E-state index is 12.5. The van der Waals surface area contributed by atoms with Gasteiger partial charge in [-0.05, 0) is 70.6 Å². The van der Waals surface area contributed by atoms with Crippen molar-refractivity contribution in [3.8, 4) is 0 Å². The first-order chi connectivity index (χ1) is 36.7. The normalized spacial score (nSPS) is 13.3. The smallest absolute Gasteiger partial charge is 0.220 e. The first kappa shape index (κ1) is 71.6. The Morgan fingerprint density at radius 1 is 0.338 bits per heavy atom. The third-order valence-electron chi connectivity index (χ3n) is 14.9. The van der Waals surface area contributed by atoms with E-state index in [1.54, 1.807) is 0 Å². The van der Waals surface area contributed by atoms with Gasteiger partial charge in [-0.1, -0.05) is 343 Å². The summed E-state index contributed by atoms with van der Waals surface area (Å²) in [6, 6.07) is -0.541. The molecule has 430 valence electrons. The highest BCUT2D eigenvalue weighted by molar-refractivity contribution is 5.76. The van der Waals surface area contributed by atoms with Crippen molar-refractivity contribution < 1.29 is 15.0 Å². The molecule has 0 saturated carbocycles. The Kier molecular flexibility index (Phi) is 62.7. The molecule has 1 amide bonds. The number of nitrogens with one attached hydrogen (secondary N) is 1. The summed E-state index contributed by atoms with van der Waals surface area (Å²) in [6.07, 6.45) is 94.6. The fourth-order valence-corrected chi connectivity index (χ4v) is 9.99. The van der Waals surface area contributed by atoms with Crippen molar-refractivity contribution in [3.05, 3.63) is 85.1 Å². The highest BCUT2D eigenvalue weighted by Gasteiger charge is 2.20. The second-order valence-electron chi connectivity index (χ2n) is 22.2. The lowest BCUT2D eigenvalue weighted by atomic mass is 10.0. The fraction of sp³-hybridized carbons (Fsp3) is 0.786. The molecule has 0 rings (SSSR count). The number of unbranched alkanes of at least 4 members (excludes halogenated alkanes) is 39. The van der Waals surface area contributed by atoms with Crippen LogP contribution in [-0.4, -0.2) is 34.9 Å². The summed E-state index contributed by atoms with van der Waals surface area (Å²) >= 11 is 0. The van der Waals surface area contributed by atoms with E-state index < -0.39 is 12.1 Å². The first-order valence-corrected chi connectivity index (χ1v) is 32.8. The summed E-state index contributed by atoms with van der Waals surface area (Å²) in [7, 11) is 0. The molecule has 0 aliphatic carbocycles. The van der Waals surface area contributed by atoms with E-state index in [0.717, 1.165) is 70.6 Å². The van der Waals surface area contributed by atoms with Crippen LogP contribution in [0.3, 0.4) is 0 Å². The summed E-state index contributed by atoms with van der Waals surface area (Å²) in [5, 5.41) is 23.4. The van der Waals surface area contributed by atoms with Crippen molar-refractivity contribution in [2.45, 2.75) is 347 Å². The van der Waals surface area contributed by atoms with Crippen LogP contribution >= 0.6 is 0 Å². The molecule has 0 spiro atoms. The van der Waals surface area contributed by atoms with Crippen LogP contribution in [-0.2, 0) is 4.79 Å². The number of hydrogen-bond donors (Lipinski definition) is 3. The molecule has 0 bridgehead atoms. The van der Waals surface area contributed by atoms with Crippen LogP contribution in [0.4, 0.5) is 0 Å². The molecule has 0 aliphatic rings. The number of carbonyl (C=O) groups is 1. The molecule has 2 unspecified atom stereocenters. The van der Waals surface area contributed by atoms with E-state index in [1.165, 1.54) is 238 Å². The highest BCUT2D eigenvalue weighted by atomic mass is 16.3. The summed E-state index contributed by atoms with van der Waals surface area (Å²) in [6.45, 7) is 4.27. The van der Waals surface area contributed by atoms with E-state index in [1.807, 2.05) is 0 Å². The number of hydrogen-bond acceptors (Lipinski definition) is 3. The van der Waals surface area contributed by atoms with Gasteiger partial charge >= 0.3 is 0 Å². The lowest BCUT2D eigenvalue weighted by Crippen LogP contribution is -2.45. The molecular weight excluding hydrogens is 903 g/mol. The van der Waals surface area contributed by atoms with Gasteiger partial charge in [0.15, 0.2) is 0 Å². The number of allylic oxidation sites excluding steroid dienone is 14. The molecular formula is C70H127NO3. The van der Waals surface area contributed by atoms with Crippen molar-refractivity contribution in [3.63, 3.8) is 0 Å².